The van der Waals surface area contributed by atoms with Gasteiger partial charge in [-0.15, -0.1) is 0 Å². The lowest BCUT2D eigenvalue weighted by molar-refractivity contribution is 0.260. The monoisotopic (exact) mass is 343 g/mol. The van der Waals surface area contributed by atoms with Crippen molar-refractivity contribution in [1.29, 1.82) is 5.26 Å². The normalized spacial score (nSPS) is 15.1. The molecule has 0 spiro atoms. The van der Waals surface area contributed by atoms with Crippen LogP contribution in [0.25, 0.3) is 16.7 Å². The Balaban J connectivity index is 1.44. The highest BCUT2D eigenvalue weighted by Crippen LogP contribution is 2.28. The number of nitrogens with zero attached hydrogens (tertiary/aromatic N) is 3. The van der Waals surface area contributed by atoms with E-state index < -0.39 is 0 Å². The lowest BCUT2D eigenvalue weighted by atomic mass is 9.98. The molecule has 0 saturated carbocycles. The number of nitriles is 1. The van der Waals surface area contributed by atoms with Crippen molar-refractivity contribution in [3.63, 3.8) is 0 Å². The second kappa shape index (κ2) is 7.55. The number of piperidine rings is 1. The van der Waals surface area contributed by atoms with Gasteiger partial charge in [-0.2, -0.15) is 5.26 Å². The molecule has 0 amide bonds. The fourth-order valence-corrected chi connectivity index (χ4v) is 3.49. The summed E-state index contributed by atoms with van der Waals surface area (Å²) >= 11 is 0. The molecule has 0 atom stereocenters. The molecule has 2 aromatic carbocycles. The maximum Gasteiger partial charge on any atom is 0.238 e. The van der Waals surface area contributed by atoms with Gasteiger partial charge in [-0.3, -0.25) is 0 Å². The first-order valence-electron chi connectivity index (χ1n) is 9.08. The van der Waals surface area contributed by atoms with Crippen molar-refractivity contribution >= 4 is 16.7 Å². The predicted molar refractivity (Wildman–Crippen MR) is 102 cm³/mol. The second-order valence-electron chi connectivity index (χ2n) is 6.65. The van der Waals surface area contributed by atoms with E-state index >= 15 is 0 Å². The quantitative estimate of drug-likeness (QED) is 0.657. The predicted octanol–water partition coefficient (Wildman–Crippen LogP) is 4.44. The van der Waals surface area contributed by atoms with Crippen molar-refractivity contribution in [2.45, 2.75) is 19.3 Å². The Morgan fingerprint density at radius 1 is 1.04 bits per heavy atom. The molecule has 0 bridgehead atoms. The number of fused-ring (bicyclic) bond motifs is 1. The molecule has 1 fully saturated rings. The van der Waals surface area contributed by atoms with Crippen LogP contribution in [-0.2, 0) is 6.42 Å². The molecule has 0 radical (unpaired) electrons. The summed E-state index contributed by atoms with van der Waals surface area (Å²) in [6, 6.07) is 20.6. The molecule has 1 aliphatic rings. The average Bonchev–Trinajstić information content (AvgIpc) is 3.12. The van der Waals surface area contributed by atoms with Gasteiger partial charge in [-0.05, 0) is 42.5 Å². The number of rotatable bonds is 4. The minimum Gasteiger partial charge on any atom is -0.435 e. The Bertz CT molecular complexity index is 923. The number of para-hydroxylation sites is 2. The van der Waals surface area contributed by atoms with Crippen LogP contribution in [0.1, 0.15) is 24.3 Å². The number of benzene rings is 2. The molecule has 2 heterocycles. The van der Waals surface area contributed by atoms with E-state index in [1.807, 2.05) is 24.3 Å². The van der Waals surface area contributed by atoms with Gasteiger partial charge in [0.25, 0.3) is 0 Å². The molecular formula is C22H21N3O. The third kappa shape index (κ3) is 3.54. The van der Waals surface area contributed by atoms with Crippen LogP contribution < -0.4 is 0 Å². The molecule has 130 valence electrons. The van der Waals surface area contributed by atoms with Crippen molar-refractivity contribution in [3.8, 4) is 6.07 Å². The van der Waals surface area contributed by atoms with E-state index in [1.165, 1.54) is 5.56 Å². The largest absolute Gasteiger partial charge is 0.435 e. The summed E-state index contributed by atoms with van der Waals surface area (Å²) in [5.74, 6) is 0.460. The van der Waals surface area contributed by atoms with Crippen LogP contribution in [0.15, 0.2) is 64.6 Å². The number of likely N-dealkylation sites (tertiary alicyclic amines) is 1. The summed E-state index contributed by atoms with van der Waals surface area (Å²) in [5, 5.41) is 9.65. The van der Waals surface area contributed by atoms with Crippen LogP contribution in [0.4, 0.5) is 0 Å². The average molecular weight is 343 g/mol. The number of hydrogen-bond acceptors (Lipinski definition) is 4. The van der Waals surface area contributed by atoms with Crippen LogP contribution >= 0.6 is 0 Å². The maximum atomic E-state index is 9.65. The molecule has 1 saturated heterocycles. The minimum absolute atomic E-state index is 0.460. The Hall–Kier alpha value is -2.90. The van der Waals surface area contributed by atoms with E-state index in [2.05, 4.69) is 46.3 Å². The summed E-state index contributed by atoms with van der Waals surface area (Å²) in [7, 11) is 0. The summed E-state index contributed by atoms with van der Waals surface area (Å²) in [4.78, 5) is 6.96. The first-order chi connectivity index (χ1) is 12.8. The number of oxazole rings is 1. The van der Waals surface area contributed by atoms with Gasteiger partial charge in [0, 0.05) is 19.6 Å². The number of hydrogen-bond donors (Lipinski definition) is 0. The van der Waals surface area contributed by atoms with Gasteiger partial charge < -0.3 is 9.32 Å². The number of aromatic nitrogens is 1. The van der Waals surface area contributed by atoms with E-state index in [1.54, 1.807) is 0 Å². The third-order valence-corrected chi connectivity index (χ3v) is 4.99. The van der Waals surface area contributed by atoms with E-state index in [0.717, 1.165) is 55.6 Å². The van der Waals surface area contributed by atoms with Crippen LogP contribution in [0.3, 0.4) is 0 Å². The Morgan fingerprint density at radius 3 is 2.50 bits per heavy atom. The smallest absolute Gasteiger partial charge is 0.238 e. The standard InChI is InChI=1S/C22H21N3O/c23-16-19(22-24-20-8-4-5-9-21(20)26-22)18-11-14-25(15-12-18)13-10-17-6-2-1-3-7-17/h1-9H,10-15H2. The lowest BCUT2D eigenvalue weighted by Crippen LogP contribution is -2.32. The van der Waals surface area contributed by atoms with Gasteiger partial charge in [0.1, 0.15) is 17.2 Å². The van der Waals surface area contributed by atoms with Crippen molar-refractivity contribution < 1.29 is 4.42 Å². The van der Waals surface area contributed by atoms with Crippen molar-refractivity contribution in [2.24, 2.45) is 0 Å². The first kappa shape index (κ1) is 16.6. The second-order valence-corrected chi connectivity index (χ2v) is 6.65. The summed E-state index contributed by atoms with van der Waals surface area (Å²) < 4.78 is 5.80. The molecule has 0 aliphatic carbocycles. The van der Waals surface area contributed by atoms with Gasteiger partial charge in [-0.25, -0.2) is 4.98 Å². The fraction of sp³-hybridized carbons (Fsp3) is 0.273. The SMILES string of the molecule is N#CC(=C1CCN(CCc2ccccc2)CC1)c1nc2ccccc2o1. The highest BCUT2D eigenvalue weighted by atomic mass is 16.3. The van der Waals surface area contributed by atoms with Gasteiger partial charge >= 0.3 is 0 Å². The van der Waals surface area contributed by atoms with Crippen LogP contribution in [-0.4, -0.2) is 29.5 Å². The third-order valence-electron chi connectivity index (χ3n) is 4.99. The number of allylic oxidation sites excluding steroid dienone is 1. The van der Waals surface area contributed by atoms with Crippen molar-refractivity contribution in [1.82, 2.24) is 9.88 Å². The minimum atomic E-state index is 0.460. The van der Waals surface area contributed by atoms with E-state index in [9.17, 15) is 5.26 Å². The zero-order valence-electron chi connectivity index (χ0n) is 14.7. The zero-order chi connectivity index (χ0) is 17.8. The van der Waals surface area contributed by atoms with E-state index in [-0.39, 0.29) is 0 Å². The molecule has 4 nitrogen and oxygen atoms in total. The molecule has 4 heteroatoms. The molecule has 0 unspecified atom stereocenters. The van der Waals surface area contributed by atoms with E-state index in [4.69, 9.17) is 4.42 Å². The van der Waals surface area contributed by atoms with Gasteiger partial charge in [0.05, 0.1) is 0 Å². The van der Waals surface area contributed by atoms with E-state index in [0.29, 0.717) is 11.5 Å². The first-order valence-corrected chi connectivity index (χ1v) is 9.08. The lowest BCUT2D eigenvalue weighted by Gasteiger charge is -2.28. The fourth-order valence-electron chi connectivity index (χ4n) is 3.49. The maximum absolute atomic E-state index is 9.65. The molecule has 0 N–H and O–H groups in total. The van der Waals surface area contributed by atoms with Crippen LogP contribution in [0.5, 0.6) is 0 Å². The molecule has 26 heavy (non-hydrogen) atoms. The van der Waals surface area contributed by atoms with Gasteiger partial charge in [0.2, 0.25) is 5.89 Å². The molecular weight excluding hydrogens is 322 g/mol. The summed E-state index contributed by atoms with van der Waals surface area (Å²) in [5.41, 5.74) is 4.68. The molecule has 1 aliphatic heterocycles. The zero-order valence-corrected chi connectivity index (χ0v) is 14.7. The molecule has 4 rings (SSSR count). The van der Waals surface area contributed by atoms with Crippen LogP contribution in [0.2, 0.25) is 0 Å². The topological polar surface area (TPSA) is 53.1 Å². The highest BCUT2D eigenvalue weighted by Gasteiger charge is 2.20. The Labute approximate surface area is 153 Å². The summed E-state index contributed by atoms with van der Waals surface area (Å²) in [6.45, 7) is 3.02. The molecule has 3 aromatic rings. The van der Waals surface area contributed by atoms with Gasteiger partial charge in [0.15, 0.2) is 5.58 Å². The Kier molecular flexibility index (Phi) is 4.81. The van der Waals surface area contributed by atoms with Gasteiger partial charge in [-0.1, -0.05) is 42.5 Å². The van der Waals surface area contributed by atoms with Crippen molar-refractivity contribution in [3.05, 3.63) is 71.6 Å². The Morgan fingerprint density at radius 2 is 1.77 bits per heavy atom. The van der Waals surface area contributed by atoms with Crippen molar-refractivity contribution in [2.75, 3.05) is 19.6 Å². The molecule has 1 aromatic heterocycles. The summed E-state index contributed by atoms with van der Waals surface area (Å²) in [6.07, 6.45) is 2.86. The highest BCUT2D eigenvalue weighted by molar-refractivity contribution is 5.80. The van der Waals surface area contributed by atoms with Crippen LogP contribution in [0, 0.1) is 11.3 Å².